The second-order valence-corrected chi connectivity index (χ2v) is 7.53. The standard InChI is InChI=1S/C23H20F4N6O2/c24-20-11-18(23(25,26)27)6-4-17(20)5-7-21-31-19(14-34-21)15-35-22-28-12-16(13-29-22)3-1-2-9-33-10-8-30-32-33/h4-8,10-14H,1-3,9,15H2/b7-5+. The minimum Gasteiger partial charge on any atom is -0.457 e. The molecule has 0 saturated heterocycles. The van der Waals surface area contributed by atoms with Gasteiger partial charge in [0.2, 0.25) is 5.89 Å². The van der Waals surface area contributed by atoms with E-state index in [1.165, 1.54) is 18.4 Å². The van der Waals surface area contributed by atoms with Crippen molar-refractivity contribution >= 4 is 12.2 Å². The van der Waals surface area contributed by atoms with Crippen molar-refractivity contribution in [3.05, 3.63) is 83.3 Å². The highest BCUT2D eigenvalue weighted by Gasteiger charge is 2.30. The summed E-state index contributed by atoms with van der Waals surface area (Å²) in [5.74, 6) is -0.855. The van der Waals surface area contributed by atoms with Gasteiger partial charge in [-0.3, -0.25) is 4.68 Å². The predicted octanol–water partition coefficient (Wildman–Crippen LogP) is 4.99. The maximum atomic E-state index is 13.9. The minimum absolute atomic E-state index is 0.0270. The summed E-state index contributed by atoms with van der Waals surface area (Å²) in [6.45, 7) is 0.847. The van der Waals surface area contributed by atoms with E-state index in [-0.39, 0.29) is 24.1 Å². The molecule has 0 fully saturated rings. The third-order valence-electron chi connectivity index (χ3n) is 4.91. The van der Waals surface area contributed by atoms with Crippen LogP contribution in [-0.4, -0.2) is 29.9 Å². The van der Waals surface area contributed by atoms with Crippen LogP contribution in [0.15, 0.2) is 53.7 Å². The van der Waals surface area contributed by atoms with E-state index < -0.39 is 17.6 Å². The van der Waals surface area contributed by atoms with Crippen molar-refractivity contribution in [3.63, 3.8) is 0 Å². The molecule has 12 heteroatoms. The molecule has 3 heterocycles. The molecule has 0 bridgehead atoms. The topological polar surface area (TPSA) is 91.8 Å². The number of aromatic nitrogens is 6. The SMILES string of the molecule is Fc1cc(C(F)(F)F)ccc1/C=C/c1nc(COc2ncc(CCCCn3ccnn3)cn2)co1. The number of aryl methyl sites for hydroxylation is 2. The zero-order valence-corrected chi connectivity index (χ0v) is 18.3. The second-order valence-electron chi connectivity index (χ2n) is 7.53. The van der Waals surface area contributed by atoms with Gasteiger partial charge in [0.25, 0.3) is 0 Å². The highest BCUT2D eigenvalue weighted by Crippen LogP contribution is 2.30. The molecule has 3 aromatic heterocycles. The van der Waals surface area contributed by atoms with Crippen LogP contribution in [0.2, 0.25) is 0 Å². The molecule has 0 N–H and O–H groups in total. The first kappa shape index (κ1) is 24.0. The van der Waals surface area contributed by atoms with Gasteiger partial charge in [-0.15, -0.1) is 5.10 Å². The van der Waals surface area contributed by atoms with E-state index in [0.29, 0.717) is 11.8 Å². The van der Waals surface area contributed by atoms with Crippen LogP contribution >= 0.6 is 0 Å². The molecule has 0 radical (unpaired) electrons. The summed E-state index contributed by atoms with van der Waals surface area (Å²) in [4.78, 5) is 12.5. The summed E-state index contributed by atoms with van der Waals surface area (Å²) in [7, 11) is 0. The summed E-state index contributed by atoms with van der Waals surface area (Å²) in [6, 6.07) is 2.48. The Hall–Kier alpha value is -4.09. The number of unbranched alkanes of at least 4 members (excludes halogenated alkanes) is 1. The number of hydrogen-bond acceptors (Lipinski definition) is 7. The molecule has 0 atom stereocenters. The first-order valence-corrected chi connectivity index (χ1v) is 10.6. The van der Waals surface area contributed by atoms with Gasteiger partial charge in [0.1, 0.15) is 24.4 Å². The molecule has 0 aliphatic heterocycles. The number of alkyl halides is 3. The maximum Gasteiger partial charge on any atom is 0.416 e. The van der Waals surface area contributed by atoms with Gasteiger partial charge < -0.3 is 9.15 Å². The summed E-state index contributed by atoms with van der Waals surface area (Å²) < 4.78 is 64.4. The van der Waals surface area contributed by atoms with Crippen LogP contribution in [0.4, 0.5) is 17.6 Å². The van der Waals surface area contributed by atoms with Crippen LogP contribution in [0.1, 0.15) is 41.1 Å². The van der Waals surface area contributed by atoms with Gasteiger partial charge in [0, 0.05) is 36.8 Å². The van der Waals surface area contributed by atoms with Gasteiger partial charge in [-0.25, -0.2) is 19.3 Å². The fraction of sp³-hybridized carbons (Fsp3) is 0.261. The fourth-order valence-electron chi connectivity index (χ4n) is 3.11. The van der Waals surface area contributed by atoms with Crippen molar-refractivity contribution in [1.29, 1.82) is 0 Å². The normalized spacial score (nSPS) is 11.9. The molecule has 8 nitrogen and oxygen atoms in total. The quantitative estimate of drug-likeness (QED) is 0.230. The first-order valence-electron chi connectivity index (χ1n) is 10.6. The molecule has 1 aromatic carbocycles. The van der Waals surface area contributed by atoms with Crippen molar-refractivity contribution in [2.24, 2.45) is 0 Å². The first-order chi connectivity index (χ1) is 16.9. The lowest BCUT2D eigenvalue weighted by atomic mass is 10.1. The van der Waals surface area contributed by atoms with Gasteiger partial charge in [-0.05, 0) is 43.0 Å². The smallest absolute Gasteiger partial charge is 0.416 e. The Morgan fingerprint density at radius 3 is 2.63 bits per heavy atom. The molecule has 4 aromatic rings. The minimum atomic E-state index is -4.61. The van der Waals surface area contributed by atoms with Crippen LogP contribution < -0.4 is 4.74 Å². The Kier molecular flexibility index (Phi) is 7.48. The highest BCUT2D eigenvalue weighted by atomic mass is 19.4. The molecular formula is C23H20F4N6O2. The number of nitrogens with zero attached hydrogens (tertiary/aromatic N) is 6. The third-order valence-corrected chi connectivity index (χ3v) is 4.91. The molecule has 0 aliphatic carbocycles. The summed E-state index contributed by atoms with van der Waals surface area (Å²) in [5, 5.41) is 7.68. The van der Waals surface area contributed by atoms with Crippen molar-refractivity contribution in [2.45, 2.75) is 38.6 Å². The summed E-state index contributed by atoms with van der Waals surface area (Å²) >= 11 is 0. The Morgan fingerprint density at radius 2 is 1.91 bits per heavy atom. The molecule has 0 spiro atoms. The van der Waals surface area contributed by atoms with Gasteiger partial charge in [0.05, 0.1) is 11.8 Å². The molecule has 0 amide bonds. The number of ether oxygens (including phenoxy) is 1. The van der Waals surface area contributed by atoms with Crippen molar-refractivity contribution < 1.29 is 26.7 Å². The van der Waals surface area contributed by atoms with E-state index in [9.17, 15) is 17.6 Å². The lowest BCUT2D eigenvalue weighted by molar-refractivity contribution is -0.137. The van der Waals surface area contributed by atoms with E-state index in [0.717, 1.165) is 43.5 Å². The van der Waals surface area contributed by atoms with E-state index in [2.05, 4.69) is 25.3 Å². The number of rotatable bonds is 10. The zero-order valence-electron chi connectivity index (χ0n) is 18.3. The van der Waals surface area contributed by atoms with Gasteiger partial charge in [0.15, 0.2) is 0 Å². The molecule has 0 unspecified atom stereocenters. The van der Waals surface area contributed by atoms with Gasteiger partial charge >= 0.3 is 12.2 Å². The molecule has 35 heavy (non-hydrogen) atoms. The van der Waals surface area contributed by atoms with Gasteiger partial charge in [-0.1, -0.05) is 11.3 Å². The monoisotopic (exact) mass is 488 g/mol. The molecule has 4 rings (SSSR count). The number of oxazole rings is 1. The van der Waals surface area contributed by atoms with Crippen LogP contribution in [-0.2, 0) is 25.7 Å². The Morgan fingerprint density at radius 1 is 1.09 bits per heavy atom. The highest BCUT2D eigenvalue weighted by molar-refractivity contribution is 5.66. The van der Waals surface area contributed by atoms with E-state index in [1.54, 1.807) is 23.3 Å². The fourth-order valence-corrected chi connectivity index (χ4v) is 3.11. The molecule has 182 valence electrons. The van der Waals surface area contributed by atoms with Crippen molar-refractivity contribution in [1.82, 2.24) is 29.9 Å². The van der Waals surface area contributed by atoms with E-state index in [1.807, 2.05) is 6.20 Å². The average Bonchev–Trinajstić information content (AvgIpc) is 3.52. The lowest BCUT2D eigenvalue weighted by Gasteiger charge is -2.07. The summed E-state index contributed by atoms with van der Waals surface area (Å²) in [6.07, 6.45) is 8.98. The maximum absolute atomic E-state index is 13.9. The van der Waals surface area contributed by atoms with E-state index >= 15 is 0 Å². The average molecular weight is 488 g/mol. The number of hydrogen-bond donors (Lipinski definition) is 0. The second kappa shape index (κ2) is 10.9. The van der Waals surface area contributed by atoms with Crippen LogP contribution in [0, 0.1) is 5.82 Å². The van der Waals surface area contributed by atoms with Crippen LogP contribution in [0.5, 0.6) is 6.01 Å². The predicted molar refractivity (Wildman–Crippen MR) is 116 cm³/mol. The number of halogens is 4. The Bertz CT molecular complexity index is 1250. The van der Waals surface area contributed by atoms with Crippen molar-refractivity contribution in [2.75, 3.05) is 0 Å². The van der Waals surface area contributed by atoms with Gasteiger partial charge in [-0.2, -0.15) is 13.2 Å². The van der Waals surface area contributed by atoms with Crippen LogP contribution in [0.25, 0.3) is 12.2 Å². The molecular weight excluding hydrogens is 468 g/mol. The Labute approximate surface area is 197 Å². The number of benzene rings is 1. The zero-order chi connectivity index (χ0) is 24.7. The molecule has 0 saturated carbocycles. The lowest BCUT2D eigenvalue weighted by Crippen LogP contribution is -2.05. The molecule has 0 aliphatic rings. The largest absolute Gasteiger partial charge is 0.457 e. The van der Waals surface area contributed by atoms with Crippen molar-refractivity contribution in [3.8, 4) is 6.01 Å². The summed E-state index contributed by atoms with van der Waals surface area (Å²) in [5.41, 5.74) is 0.348. The third kappa shape index (κ3) is 6.95. The van der Waals surface area contributed by atoms with Crippen LogP contribution in [0.3, 0.4) is 0 Å². The van der Waals surface area contributed by atoms with E-state index in [4.69, 9.17) is 9.15 Å². The Balaban J connectivity index is 1.24.